The molecule has 2 N–H and O–H groups in total. The lowest BCUT2D eigenvalue weighted by atomic mass is 9.40. The molecule has 0 aliphatic heterocycles. The largest absolute Gasteiger partial charge is 0.507 e. The Morgan fingerprint density at radius 1 is 1.12 bits per heavy atom. The number of aromatic hydroxyl groups is 1. The summed E-state index contributed by atoms with van der Waals surface area (Å²) in [4.78, 5) is 67.1. The van der Waals surface area contributed by atoms with Gasteiger partial charge in [0.2, 0.25) is 0 Å². The number of phenolic OH excluding ortho intramolecular Hbond substituents is 1. The summed E-state index contributed by atoms with van der Waals surface area (Å²) in [6.45, 7) is 9.95. The fraction of sp³-hybridized carbons (Fsp3) is 0.593. The molecule has 4 rings (SSSR count). The summed E-state index contributed by atoms with van der Waals surface area (Å²) in [5, 5.41) is 22.4. The van der Waals surface area contributed by atoms with Gasteiger partial charge in [0.25, 0.3) is 0 Å². The van der Waals surface area contributed by atoms with Crippen molar-refractivity contribution < 1.29 is 34.2 Å². The summed E-state index contributed by atoms with van der Waals surface area (Å²) < 4.78 is 0. The Balaban J connectivity index is 1.99. The topological polar surface area (TPSA) is 126 Å². The van der Waals surface area contributed by atoms with Crippen molar-refractivity contribution in [2.75, 3.05) is 0 Å². The van der Waals surface area contributed by atoms with E-state index in [2.05, 4.69) is 0 Å². The molecular formula is C27H32O7. The first-order valence-electron chi connectivity index (χ1n) is 11.9. The Bertz CT molecular complexity index is 1160. The van der Waals surface area contributed by atoms with E-state index in [0.717, 1.165) is 12.5 Å². The van der Waals surface area contributed by atoms with Crippen molar-refractivity contribution >= 4 is 28.9 Å². The molecule has 0 bridgehead atoms. The van der Waals surface area contributed by atoms with Gasteiger partial charge in [-0.05, 0) is 54.7 Å². The normalized spacial score (nSPS) is 37.4. The molecule has 0 radical (unpaired) electrons. The maximum atomic E-state index is 14.1. The number of hydrogen-bond acceptors (Lipinski definition) is 7. The van der Waals surface area contributed by atoms with Crippen LogP contribution in [0, 0.1) is 34.5 Å². The molecule has 0 amide bonds. The maximum absolute atomic E-state index is 14.1. The molecule has 1 aromatic carbocycles. The van der Waals surface area contributed by atoms with Gasteiger partial charge < -0.3 is 10.2 Å². The third-order valence-corrected chi connectivity index (χ3v) is 8.74. The maximum Gasteiger partial charge on any atom is 0.190 e. The molecule has 0 saturated heterocycles. The van der Waals surface area contributed by atoms with Crippen LogP contribution in [0.2, 0.25) is 0 Å². The summed E-state index contributed by atoms with van der Waals surface area (Å²) in [6, 6.07) is 3.19. The number of phenols is 1. The molecule has 3 aliphatic carbocycles. The fourth-order valence-corrected chi connectivity index (χ4v) is 7.53. The Morgan fingerprint density at radius 2 is 1.74 bits per heavy atom. The first-order valence-corrected chi connectivity index (χ1v) is 11.9. The zero-order valence-electron chi connectivity index (χ0n) is 20.5. The molecule has 7 heteroatoms. The number of benzene rings is 1. The third kappa shape index (κ3) is 2.76. The Hall–Kier alpha value is -2.67. The number of aliphatic hydroxyl groups is 1. The summed E-state index contributed by atoms with van der Waals surface area (Å²) in [7, 11) is 0. The lowest BCUT2D eigenvalue weighted by Crippen LogP contribution is -2.76. The van der Waals surface area contributed by atoms with E-state index in [4.69, 9.17) is 0 Å². The second-order valence-electron chi connectivity index (χ2n) is 11.3. The van der Waals surface area contributed by atoms with Crippen molar-refractivity contribution in [1.29, 1.82) is 0 Å². The van der Waals surface area contributed by atoms with Gasteiger partial charge in [-0.15, -0.1) is 0 Å². The molecule has 2 fully saturated rings. The van der Waals surface area contributed by atoms with Crippen LogP contribution < -0.4 is 0 Å². The number of carbonyl (C=O) groups is 5. The molecule has 1 aromatic rings. The highest BCUT2D eigenvalue weighted by Crippen LogP contribution is 2.63. The van der Waals surface area contributed by atoms with Crippen molar-refractivity contribution in [3.05, 3.63) is 28.8 Å². The number of hydrogen-bond donors (Lipinski definition) is 2. The van der Waals surface area contributed by atoms with Crippen molar-refractivity contribution in [3.63, 3.8) is 0 Å². The predicted octanol–water partition coefficient (Wildman–Crippen LogP) is 2.66. The van der Waals surface area contributed by atoms with E-state index in [-0.39, 0.29) is 30.1 Å². The van der Waals surface area contributed by atoms with Gasteiger partial charge in [-0.2, -0.15) is 0 Å². The monoisotopic (exact) mass is 468 g/mol. The molecule has 6 atom stereocenters. The van der Waals surface area contributed by atoms with Crippen LogP contribution >= 0.6 is 0 Å². The summed E-state index contributed by atoms with van der Waals surface area (Å²) in [6.07, 6.45) is 0.983. The van der Waals surface area contributed by atoms with E-state index in [9.17, 15) is 34.2 Å². The SMILES string of the molecule is CCc1ccc(O)c2c1C[C@]1(C)C[C@]3(C)C(C(C)C)C(=O)C(C(C)=O)C(=O)[C@]3(O)C(=O)C1C2=O. The minimum Gasteiger partial charge on any atom is -0.507 e. The number of Topliss-reactive ketones (excluding diaryl/α,β-unsaturated/α-hetero) is 5. The average Bonchev–Trinajstić information content (AvgIpc) is 2.70. The van der Waals surface area contributed by atoms with Crippen LogP contribution in [0.3, 0.4) is 0 Å². The summed E-state index contributed by atoms with van der Waals surface area (Å²) in [5.41, 5.74) is -3.50. The zero-order valence-corrected chi connectivity index (χ0v) is 20.5. The molecule has 3 aliphatic rings. The first kappa shape index (κ1) is 24.5. The van der Waals surface area contributed by atoms with Gasteiger partial charge in [-0.3, -0.25) is 24.0 Å². The molecule has 7 nitrogen and oxygen atoms in total. The van der Waals surface area contributed by atoms with Crippen molar-refractivity contribution in [2.45, 2.75) is 66.4 Å². The lowest BCUT2D eigenvalue weighted by Gasteiger charge is -2.61. The van der Waals surface area contributed by atoms with Crippen LogP contribution in [0.4, 0.5) is 0 Å². The predicted molar refractivity (Wildman–Crippen MR) is 122 cm³/mol. The molecule has 2 saturated carbocycles. The van der Waals surface area contributed by atoms with E-state index >= 15 is 0 Å². The van der Waals surface area contributed by atoms with Crippen molar-refractivity contribution in [1.82, 2.24) is 0 Å². The molecular weight excluding hydrogens is 436 g/mol. The van der Waals surface area contributed by atoms with E-state index in [1.807, 2.05) is 6.92 Å². The van der Waals surface area contributed by atoms with E-state index in [1.165, 1.54) is 6.07 Å². The quantitative estimate of drug-likeness (QED) is 0.653. The summed E-state index contributed by atoms with van der Waals surface area (Å²) >= 11 is 0. The molecule has 3 unspecified atom stereocenters. The molecule has 182 valence electrons. The van der Waals surface area contributed by atoms with Gasteiger partial charge in [0.15, 0.2) is 28.7 Å². The van der Waals surface area contributed by atoms with E-state index in [1.54, 1.807) is 33.8 Å². The van der Waals surface area contributed by atoms with Gasteiger partial charge in [0.05, 0.1) is 11.5 Å². The van der Waals surface area contributed by atoms with Crippen LogP contribution in [0.25, 0.3) is 0 Å². The highest BCUT2D eigenvalue weighted by Gasteiger charge is 2.76. The van der Waals surface area contributed by atoms with Crippen molar-refractivity contribution in [3.8, 4) is 5.75 Å². The standard InChI is InChI=1S/C27H32O7/c1-7-14-8-9-16(29)18-15(14)10-25(5)11-26(6)19(12(2)3)21(30)17(13(4)28)23(32)27(26,34)24(33)20(25)22(18)31/h8-9,12,17,19-20,29,34H,7,10-11H2,1-6H3/t17?,19?,20?,25-,26-,27+/m1/s1. The van der Waals surface area contributed by atoms with Gasteiger partial charge in [0.1, 0.15) is 17.5 Å². The second-order valence-corrected chi connectivity index (χ2v) is 11.3. The number of rotatable bonds is 3. The van der Waals surface area contributed by atoms with Crippen LogP contribution in [-0.4, -0.2) is 44.7 Å². The van der Waals surface area contributed by atoms with Gasteiger partial charge in [-0.1, -0.05) is 40.7 Å². The van der Waals surface area contributed by atoms with Crippen molar-refractivity contribution in [2.24, 2.45) is 34.5 Å². The summed E-state index contributed by atoms with van der Waals surface area (Å²) in [5.74, 6) is -8.60. The van der Waals surface area contributed by atoms with Crippen LogP contribution in [0.5, 0.6) is 5.75 Å². The minimum atomic E-state index is -2.65. The first-order chi connectivity index (χ1) is 15.7. The number of ketones is 5. The average molecular weight is 469 g/mol. The second kappa shape index (κ2) is 7.41. The highest BCUT2D eigenvalue weighted by atomic mass is 16.3. The van der Waals surface area contributed by atoms with Gasteiger partial charge in [-0.25, -0.2) is 0 Å². The Morgan fingerprint density at radius 3 is 2.26 bits per heavy atom. The highest BCUT2D eigenvalue weighted by molar-refractivity contribution is 6.32. The van der Waals surface area contributed by atoms with Gasteiger partial charge >= 0.3 is 0 Å². The number of aryl methyl sites for hydroxylation is 1. The number of carbonyl (C=O) groups excluding carboxylic acids is 5. The molecule has 0 aromatic heterocycles. The molecule has 0 spiro atoms. The minimum absolute atomic E-state index is 0.0604. The lowest BCUT2D eigenvalue weighted by molar-refractivity contribution is -0.205. The van der Waals surface area contributed by atoms with Crippen LogP contribution in [0.1, 0.15) is 69.4 Å². The molecule has 34 heavy (non-hydrogen) atoms. The zero-order chi connectivity index (χ0) is 25.5. The smallest absolute Gasteiger partial charge is 0.190 e. The Kier molecular flexibility index (Phi) is 5.33. The van der Waals surface area contributed by atoms with Crippen LogP contribution in [-0.2, 0) is 32.0 Å². The fourth-order valence-electron chi connectivity index (χ4n) is 7.53. The van der Waals surface area contributed by atoms with E-state index in [0.29, 0.717) is 12.0 Å². The van der Waals surface area contributed by atoms with Crippen LogP contribution in [0.15, 0.2) is 12.1 Å². The third-order valence-electron chi connectivity index (χ3n) is 8.74. The Labute approximate surface area is 198 Å². The van der Waals surface area contributed by atoms with E-state index < -0.39 is 63.1 Å². The van der Waals surface area contributed by atoms with Gasteiger partial charge in [0, 0.05) is 11.3 Å². The molecule has 0 heterocycles. The number of fused-ring (bicyclic) bond motifs is 3.